The van der Waals surface area contributed by atoms with Crippen LogP contribution in [0.25, 0.3) is 11.3 Å². The topological polar surface area (TPSA) is 103 Å². The van der Waals surface area contributed by atoms with Gasteiger partial charge in [-0.3, -0.25) is 5.10 Å². The second kappa shape index (κ2) is 8.93. The van der Waals surface area contributed by atoms with Gasteiger partial charge in [-0.1, -0.05) is 13.0 Å². The van der Waals surface area contributed by atoms with Crippen LogP contribution in [0.1, 0.15) is 31.0 Å². The Balaban J connectivity index is 1.50. The van der Waals surface area contributed by atoms with Crippen molar-refractivity contribution >= 4 is 11.6 Å². The number of rotatable bonds is 7. The predicted octanol–water partition coefficient (Wildman–Crippen LogP) is 3.52. The van der Waals surface area contributed by atoms with Gasteiger partial charge in [0.15, 0.2) is 11.5 Å². The summed E-state index contributed by atoms with van der Waals surface area (Å²) in [5.74, 6) is 1.95. The van der Waals surface area contributed by atoms with E-state index in [1.54, 1.807) is 7.11 Å². The van der Waals surface area contributed by atoms with E-state index in [1.165, 1.54) is 37.3 Å². The van der Waals surface area contributed by atoms with E-state index in [0.29, 0.717) is 17.7 Å². The lowest BCUT2D eigenvalue weighted by molar-refractivity contribution is 0.266. The molecule has 0 saturated carbocycles. The molecule has 0 amide bonds. The third-order valence-corrected chi connectivity index (χ3v) is 5.53. The summed E-state index contributed by atoms with van der Waals surface area (Å²) in [5, 5.41) is 19.2. The first-order valence-electron chi connectivity index (χ1n) is 10.2. The smallest absolute Gasteiger partial charge is 0.158 e. The Bertz CT molecular complexity index is 1040. The lowest BCUT2D eigenvalue weighted by Gasteiger charge is -2.23. The molecule has 1 saturated heterocycles. The molecule has 0 aliphatic carbocycles. The maximum absolute atomic E-state index is 8.82. The fourth-order valence-corrected chi connectivity index (χ4v) is 4.01. The van der Waals surface area contributed by atoms with E-state index < -0.39 is 0 Å². The summed E-state index contributed by atoms with van der Waals surface area (Å²) in [6.45, 7) is 4.53. The van der Waals surface area contributed by atoms with Gasteiger partial charge in [0.1, 0.15) is 17.6 Å². The molecule has 3 heterocycles. The minimum atomic E-state index is 0.271. The highest BCUT2D eigenvalue weighted by molar-refractivity contribution is 5.71. The first-order valence-corrected chi connectivity index (χ1v) is 10.2. The number of benzene rings is 1. The Hall–Kier alpha value is -3.44. The highest BCUT2D eigenvalue weighted by Gasteiger charge is 2.23. The number of nitrogens with zero attached hydrogens (tertiary/aromatic N) is 5. The van der Waals surface area contributed by atoms with Crippen LogP contribution in [0.15, 0.2) is 36.7 Å². The van der Waals surface area contributed by atoms with Gasteiger partial charge in [0.2, 0.25) is 0 Å². The highest BCUT2D eigenvalue weighted by atomic mass is 16.5. The molecule has 1 aliphatic rings. The van der Waals surface area contributed by atoms with Crippen molar-refractivity contribution in [2.45, 2.75) is 32.2 Å². The summed E-state index contributed by atoms with van der Waals surface area (Å²) in [6, 6.07) is 10.8. The zero-order chi connectivity index (χ0) is 20.9. The molecule has 2 aromatic heterocycles. The maximum Gasteiger partial charge on any atom is 0.158 e. The average Bonchev–Trinajstić information content (AvgIpc) is 3.43. The molecule has 0 radical (unpaired) electrons. The molecule has 1 aliphatic heterocycles. The Kier molecular flexibility index (Phi) is 5.91. The summed E-state index contributed by atoms with van der Waals surface area (Å²) >= 11 is 0. The minimum Gasteiger partial charge on any atom is -0.496 e. The van der Waals surface area contributed by atoms with Crippen molar-refractivity contribution in [3.05, 3.63) is 47.9 Å². The average molecular weight is 403 g/mol. The van der Waals surface area contributed by atoms with Crippen molar-refractivity contribution in [1.82, 2.24) is 25.1 Å². The number of aromatic amines is 1. The van der Waals surface area contributed by atoms with E-state index >= 15 is 0 Å². The van der Waals surface area contributed by atoms with Gasteiger partial charge in [-0.2, -0.15) is 10.4 Å². The maximum atomic E-state index is 8.82. The van der Waals surface area contributed by atoms with Crippen molar-refractivity contribution in [2.75, 3.05) is 25.5 Å². The van der Waals surface area contributed by atoms with Gasteiger partial charge in [0, 0.05) is 17.7 Å². The van der Waals surface area contributed by atoms with Crippen LogP contribution in [0.3, 0.4) is 0 Å². The van der Waals surface area contributed by atoms with Crippen LogP contribution in [-0.2, 0) is 6.42 Å². The molecule has 8 nitrogen and oxygen atoms in total. The second-order valence-corrected chi connectivity index (χ2v) is 7.35. The molecular weight excluding hydrogens is 378 g/mol. The lowest BCUT2D eigenvalue weighted by atomic mass is 10.0. The third-order valence-electron chi connectivity index (χ3n) is 5.53. The summed E-state index contributed by atoms with van der Waals surface area (Å²) in [7, 11) is 1.69. The number of methoxy groups -OCH3 is 1. The molecule has 0 spiro atoms. The molecule has 3 aromatic rings. The quantitative estimate of drug-likeness (QED) is 0.622. The van der Waals surface area contributed by atoms with Crippen LogP contribution in [0, 0.1) is 11.3 Å². The standard InChI is InChI=1S/C22H25N7O/c1-3-29-8-4-5-17(29)9-15-6-7-18(20(10-15)30-2)19-11-21(28-27-19)26-22-14-24-16(12-23)13-25-22/h6-7,10-11,13-14,17H,3-5,8-9H2,1-2H3,(H2,25,26,27,28). The first-order chi connectivity index (χ1) is 14.7. The Morgan fingerprint density at radius 1 is 1.27 bits per heavy atom. The van der Waals surface area contributed by atoms with Crippen LogP contribution in [0.4, 0.5) is 11.6 Å². The van der Waals surface area contributed by atoms with Crippen LogP contribution < -0.4 is 10.1 Å². The number of anilines is 2. The number of likely N-dealkylation sites (tertiary alicyclic amines) is 1. The Labute approximate surface area is 175 Å². The third kappa shape index (κ3) is 4.26. The van der Waals surface area contributed by atoms with Crippen LogP contribution in [0.5, 0.6) is 5.75 Å². The van der Waals surface area contributed by atoms with Crippen LogP contribution >= 0.6 is 0 Å². The van der Waals surface area contributed by atoms with E-state index in [9.17, 15) is 0 Å². The largest absolute Gasteiger partial charge is 0.496 e. The van der Waals surface area contributed by atoms with E-state index in [0.717, 1.165) is 30.0 Å². The van der Waals surface area contributed by atoms with Gasteiger partial charge >= 0.3 is 0 Å². The molecule has 1 unspecified atom stereocenters. The van der Waals surface area contributed by atoms with E-state index in [4.69, 9.17) is 10.00 Å². The Morgan fingerprint density at radius 2 is 2.17 bits per heavy atom. The zero-order valence-corrected chi connectivity index (χ0v) is 17.2. The number of hydrogen-bond donors (Lipinski definition) is 2. The first kappa shape index (κ1) is 19.9. The highest BCUT2D eigenvalue weighted by Crippen LogP contribution is 2.32. The number of hydrogen-bond acceptors (Lipinski definition) is 7. The molecule has 154 valence electrons. The van der Waals surface area contributed by atoms with Gasteiger partial charge in [-0.15, -0.1) is 0 Å². The van der Waals surface area contributed by atoms with Crippen molar-refractivity contribution in [3.63, 3.8) is 0 Å². The van der Waals surface area contributed by atoms with Crippen molar-refractivity contribution < 1.29 is 4.74 Å². The van der Waals surface area contributed by atoms with E-state index in [1.807, 2.05) is 12.1 Å². The van der Waals surface area contributed by atoms with E-state index in [2.05, 4.69) is 55.5 Å². The van der Waals surface area contributed by atoms with Crippen LogP contribution in [-0.4, -0.2) is 51.3 Å². The fourth-order valence-electron chi connectivity index (χ4n) is 4.01. The molecule has 1 aromatic carbocycles. The number of likely N-dealkylation sites (N-methyl/N-ethyl adjacent to an activating group) is 1. The number of H-pyrrole nitrogens is 1. The second-order valence-electron chi connectivity index (χ2n) is 7.35. The summed E-state index contributed by atoms with van der Waals surface area (Å²) in [5.41, 5.74) is 3.35. The van der Waals surface area contributed by atoms with Gasteiger partial charge in [-0.25, -0.2) is 9.97 Å². The molecular formula is C22H25N7O. The number of ether oxygens (including phenoxy) is 1. The molecule has 1 atom stereocenters. The van der Waals surface area contributed by atoms with E-state index in [-0.39, 0.29) is 5.69 Å². The van der Waals surface area contributed by atoms with Gasteiger partial charge in [-0.05, 0) is 50.0 Å². The Morgan fingerprint density at radius 3 is 2.90 bits per heavy atom. The summed E-state index contributed by atoms with van der Waals surface area (Å²) < 4.78 is 5.68. The van der Waals surface area contributed by atoms with Gasteiger partial charge in [0.25, 0.3) is 0 Å². The molecule has 0 bridgehead atoms. The number of aromatic nitrogens is 4. The minimum absolute atomic E-state index is 0.271. The normalized spacial score (nSPS) is 16.4. The predicted molar refractivity (Wildman–Crippen MR) is 115 cm³/mol. The number of nitriles is 1. The van der Waals surface area contributed by atoms with Gasteiger partial charge < -0.3 is 15.0 Å². The number of nitrogens with one attached hydrogen (secondary N) is 2. The fraction of sp³-hybridized carbons (Fsp3) is 0.364. The molecule has 30 heavy (non-hydrogen) atoms. The molecule has 4 rings (SSSR count). The molecule has 1 fully saturated rings. The van der Waals surface area contributed by atoms with Crippen molar-refractivity contribution in [1.29, 1.82) is 5.26 Å². The monoisotopic (exact) mass is 403 g/mol. The summed E-state index contributed by atoms with van der Waals surface area (Å²) in [4.78, 5) is 10.7. The van der Waals surface area contributed by atoms with Crippen LogP contribution in [0.2, 0.25) is 0 Å². The van der Waals surface area contributed by atoms with Crippen molar-refractivity contribution in [2.24, 2.45) is 0 Å². The summed E-state index contributed by atoms with van der Waals surface area (Å²) in [6.07, 6.45) is 6.50. The van der Waals surface area contributed by atoms with Crippen molar-refractivity contribution in [3.8, 4) is 23.1 Å². The lowest BCUT2D eigenvalue weighted by Crippen LogP contribution is -2.30. The molecule has 8 heteroatoms. The molecule has 2 N–H and O–H groups in total. The SMILES string of the molecule is CCN1CCCC1Cc1ccc(-c2cc(Nc3cnc(C#N)cn3)n[nH]2)c(OC)c1. The zero-order valence-electron chi connectivity index (χ0n) is 17.2. The van der Waals surface area contributed by atoms with Gasteiger partial charge in [0.05, 0.1) is 25.2 Å².